The van der Waals surface area contributed by atoms with E-state index in [-0.39, 0.29) is 5.91 Å². The van der Waals surface area contributed by atoms with E-state index in [0.717, 1.165) is 35.1 Å². The number of rotatable bonds is 3. The van der Waals surface area contributed by atoms with Gasteiger partial charge in [0.1, 0.15) is 22.5 Å². The minimum atomic E-state index is 0.0859. The van der Waals surface area contributed by atoms with Gasteiger partial charge in [-0.05, 0) is 30.2 Å². The second-order valence-electron chi connectivity index (χ2n) is 6.17. The molecule has 0 fully saturated rings. The van der Waals surface area contributed by atoms with E-state index in [9.17, 15) is 4.79 Å². The van der Waals surface area contributed by atoms with E-state index in [2.05, 4.69) is 16.0 Å². The number of carbonyl (C=O) groups is 1. The first-order valence-corrected chi connectivity index (χ1v) is 9.43. The van der Waals surface area contributed by atoms with Gasteiger partial charge in [0.25, 0.3) is 0 Å². The molecule has 0 unspecified atom stereocenters. The molecule has 2 aromatic heterocycles. The summed E-state index contributed by atoms with van der Waals surface area (Å²) in [5.41, 5.74) is 4.47. The van der Waals surface area contributed by atoms with Crippen LogP contribution in [0.1, 0.15) is 5.56 Å². The molecule has 5 nitrogen and oxygen atoms in total. The number of furan rings is 1. The Bertz CT molecular complexity index is 1140. The maximum Gasteiger partial charge on any atom is 0.237 e. The molecule has 6 heteroatoms. The third-order valence-electron chi connectivity index (χ3n) is 4.65. The molecule has 2 aromatic carbocycles. The number of amides is 1. The molecule has 0 N–H and O–H groups in total. The second-order valence-corrected chi connectivity index (χ2v) is 7.13. The molecular weight excluding hydrogens is 346 g/mol. The van der Waals surface area contributed by atoms with Crippen LogP contribution in [0.25, 0.3) is 22.1 Å². The van der Waals surface area contributed by atoms with Crippen LogP contribution in [0.15, 0.2) is 64.3 Å². The number of hydrogen-bond donors (Lipinski definition) is 0. The predicted octanol–water partition coefficient (Wildman–Crippen LogP) is 4.06. The van der Waals surface area contributed by atoms with Crippen molar-refractivity contribution in [3.8, 4) is 0 Å². The van der Waals surface area contributed by atoms with Gasteiger partial charge in [-0.25, -0.2) is 9.97 Å². The van der Waals surface area contributed by atoms with Gasteiger partial charge in [-0.2, -0.15) is 0 Å². The highest BCUT2D eigenvalue weighted by Gasteiger charge is 2.24. The lowest BCUT2D eigenvalue weighted by atomic mass is 10.2. The highest BCUT2D eigenvalue weighted by atomic mass is 32.2. The molecule has 0 saturated heterocycles. The second kappa shape index (κ2) is 6.14. The Balaban J connectivity index is 1.41. The molecule has 128 valence electrons. The van der Waals surface area contributed by atoms with Crippen LogP contribution in [0.4, 0.5) is 5.69 Å². The predicted molar refractivity (Wildman–Crippen MR) is 103 cm³/mol. The molecule has 0 atom stereocenters. The summed E-state index contributed by atoms with van der Waals surface area (Å²) in [4.78, 5) is 23.3. The maximum absolute atomic E-state index is 12.7. The Morgan fingerprint density at radius 1 is 1.12 bits per heavy atom. The summed E-state index contributed by atoms with van der Waals surface area (Å²) in [6.45, 7) is 0.739. The molecule has 0 bridgehead atoms. The van der Waals surface area contributed by atoms with Crippen LogP contribution in [0.2, 0.25) is 0 Å². The summed E-state index contributed by atoms with van der Waals surface area (Å²) < 4.78 is 5.93. The number of thioether (sulfide) groups is 1. The van der Waals surface area contributed by atoms with E-state index in [1.807, 2.05) is 47.4 Å². The van der Waals surface area contributed by atoms with Gasteiger partial charge < -0.3 is 9.32 Å². The van der Waals surface area contributed by atoms with Gasteiger partial charge in [0.2, 0.25) is 5.91 Å². The molecule has 1 aliphatic rings. The first kappa shape index (κ1) is 15.4. The molecule has 1 amide bonds. The van der Waals surface area contributed by atoms with E-state index >= 15 is 0 Å². The van der Waals surface area contributed by atoms with Gasteiger partial charge >= 0.3 is 0 Å². The first-order valence-electron chi connectivity index (χ1n) is 8.44. The number of nitrogens with zero attached hydrogens (tertiary/aromatic N) is 3. The van der Waals surface area contributed by atoms with Crippen LogP contribution in [0, 0.1) is 0 Å². The van der Waals surface area contributed by atoms with Crippen LogP contribution >= 0.6 is 11.8 Å². The summed E-state index contributed by atoms with van der Waals surface area (Å²) >= 11 is 1.40. The summed E-state index contributed by atoms with van der Waals surface area (Å²) in [7, 11) is 0. The van der Waals surface area contributed by atoms with Crippen molar-refractivity contribution in [2.24, 2.45) is 0 Å². The number of hydrogen-bond acceptors (Lipinski definition) is 5. The van der Waals surface area contributed by atoms with Gasteiger partial charge in [-0.15, -0.1) is 0 Å². The van der Waals surface area contributed by atoms with Crippen molar-refractivity contribution in [2.45, 2.75) is 11.4 Å². The van der Waals surface area contributed by atoms with E-state index in [0.29, 0.717) is 16.4 Å². The lowest BCUT2D eigenvalue weighted by Crippen LogP contribution is -2.30. The maximum atomic E-state index is 12.7. The number of para-hydroxylation sites is 2. The summed E-state index contributed by atoms with van der Waals surface area (Å²) in [5.74, 6) is 0.403. The molecule has 1 aliphatic heterocycles. The Kier molecular flexibility index (Phi) is 3.64. The number of carbonyl (C=O) groups excluding carboxylic acids is 1. The topological polar surface area (TPSA) is 59.2 Å². The standard InChI is InChI=1S/C20H15N3O2S/c24-17(23-10-9-13-5-1-3-7-15(13)23)11-26-20-19-18(21-12-22-20)14-6-2-4-8-16(14)25-19/h1-8,12H,9-11H2. The number of aromatic nitrogens is 2. The summed E-state index contributed by atoms with van der Waals surface area (Å²) in [6, 6.07) is 15.9. The monoisotopic (exact) mass is 361 g/mol. The highest BCUT2D eigenvalue weighted by Crippen LogP contribution is 2.33. The van der Waals surface area contributed by atoms with Gasteiger partial charge in [0.05, 0.1) is 5.75 Å². The largest absolute Gasteiger partial charge is 0.451 e. The van der Waals surface area contributed by atoms with Gasteiger partial charge in [-0.3, -0.25) is 4.79 Å². The Morgan fingerprint density at radius 3 is 2.92 bits per heavy atom. The molecule has 0 saturated carbocycles. The van der Waals surface area contributed by atoms with Crippen LogP contribution in [0.3, 0.4) is 0 Å². The van der Waals surface area contributed by atoms with E-state index in [4.69, 9.17) is 4.42 Å². The summed E-state index contributed by atoms with van der Waals surface area (Å²) in [6.07, 6.45) is 2.44. The number of benzene rings is 2. The molecule has 4 aromatic rings. The minimum Gasteiger partial charge on any atom is -0.451 e. The van der Waals surface area contributed by atoms with E-state index in [1.165, 1.54) is 23.7 Å². The van der Waals surface area contributed by atoms with Crippen molar-refractivity contribution in [3.05, 3.63) is 60.4 Å². The molecule has 0 radical (unpaired) electrons. The minimum absolute atomic E-state index is 0.0859. The zero-order valence-corrected chi connectivity index (χ0v) is 14.7. The molecular formula is C20H15N3O2S. The van der Waals surface area contributed by atoms with Crippen LogP contribution in [0.5, 0.6) is 0 Å². The van der Waals surface area contributed by atoms with Crippen LogP contribution in [-0.4, -0.2) is 28.2 Å². The summed E-state index contributed by atoms with van der Waals surface area (Å²) in [5, 5.41) is 1.67. The average molecular weight is 361 g/mol. The molecule has 26 heavy (non-hydrogen) atoms. The van der Waals surface area contributed by atoms with Crippen LogP contribution in [-0.2, 0) is 11.2 Å². The quantitative estimate of drug-likeness (QED) is 0.407. The van der Waals surface area contributed by atoms with Crippen molar-refractivity contribution in [2.75, 3.05) is 17.2 Å². The molecule has 5 rings (SSSR count). The van der Waals surface area contributed by atoms with Gasteiger partial charge in [-0.1, -0.05) is 42.1 Å². The Labute approximate surface area is 154 Å². The average Bonchev–Trinajstić information content (AvgIpc) is 3.28. The smallest absolute Gasteiger partial charge is 0.237 e. The number of anilines is 1. The Morgan fingerprint density at radius 2 is 1.96 bits per heavy atom. The van der Waals surface area contributed by atoms with Crippen molar-refractivity contribution in [1.82, 2.24) is 9.97 Å². The van der Waals surface area contributed by atoms with Crippen molar-refractivity contribution >= 4 is 45.4 Å². The van der Waals surface area contributed by atoms with E-state index < -0.39 is 0 Å². The Hall–Kier alpha value is -2.86. The third kappa shape index (κ3) is 2.45. The fraction of sp³-hybridized carbons (Fsp3) is 0.150. The normalized spacial score (nSPS) is 13.5. The fourth-order valence-corrected chi connectivity index (χ4v) is 4.22. The fourth-order valence-electron chi connectivity index (χ4n) is 3.41. The van der Waals surface area contributed by atoms with Crippen molar-refractivity contribution in [3.63, 3.8) is 0 Å². The first-order chi connectivity index (χ1) is 12.8. The van der Waals surface area contributed by atoms with E-state index in [1.54, 1.807) is 0 Å². The van der Waals surface area contributed by atoms with Crippen LogP contribution < -0.4 is 4.90 Å². The van der Waals surface area contributed by atoms with Crippen molar-refractivity contribution < 1.29 is 9.21 Å². The highest BCUT2D eigenvalue weighted by molar-refractivity contribution is 8.00. The van der Waals surface area contributed by atoms with Gasteiger partial charge in [0.15, 0.2) is 5.58 Å². The van der Waals surface area contributed by atoms with Crippen molar-refractivity contribution in [1.29, 1.82) is 0 Å². The zero-order chi connectivity index (χ0) is 17.5. The van der Waals surface area contributed by atoms with Gasteiger partial charge in [0, 0.05) is 17.6 Å². The molecule has 0 aliphatic carbocycles. The molecule has 3 heterocycles. The molecule has 0 spiro atoms. The SMILES string of the molecule is O=C(CSc1ncnc2c1oc1ccccc12)N1CCc2ccccc21. The lowest BCUT2D eigenvalue weighted by Gasteiger charge is -2.16. The third-order valence-corrected chi connectivity index (χ3v) is 5.60. The number of fused-ring (bicyclic) bond motifs is 4. The lowest BCUT2D eigenvalue weighted by molar-refractivity contribution is -0.116. The zero-order valence-electron chi connectivity index (χ0n) is 13.9.